The summed E-state index contributed by atoms with van der Waals surface area (Å²) in [6.45, 7) is 0.352. The lowest BCUT2D eigenvalue weighted by Gasteiger charge is -2.18. The Kier molecular flexibility index (Phi) is 4.52. The van der Waals surface area contributed by atoms with Gasteiger partial charge in [-0.25, -0.2) is 13.4 Å². The Balaban J connectivity index is 2.80. The van der Waals surface area contributed by atoms with Gasteiger partial charge in [-0.1, -0.05) is 0 Å². The van der Waals surface area contributed by atoms with Crippen LogP contribution >= 0.6 is 27.5 Å². The summed E-state index contributed by atoms with van der Waals surface area (Å²) in [6.07, 6.45) is 2.73. The van der Waals surface area contributed by atoms with Gasteiger partial charge in [0.05, 0.1) is 10.2 Å². The lowest BCUT2D eigenvalue weighted by atomic mass is 10.5. The zero-order valence-corrected chi connectivity index (χ0v) is 12.0. The first-order chi connectivity index (χ1) is 7.29. The maximum absolute atomic E-state index is 11.0. The molecule has 0 amide bonds. The van der Waals surface area contributed by atoms with Crippen LogP contribution in [0.25, 0.3) is 0 Å². The van der Waals surface area contributed by atoms with Gasteiger partial charge in [0.2, 0.25) is 5.28 Å². The molecule has 0 saturated heterocycles. The van der Waals surface area contributed by atoms with Crippen LogP contribution in [0.2, 0.25) is 5.28 Å². The van der Waals surface area contributed by atoms with Crippen LogP contribution in [0.5, 0.6) is 0 Å². The van der Waals surface area contributed by atoms with E-state index in [1.165, 1.54) is 12.5 Å². The van der Waals surface area contributed by atoms with Gasteiger partial charge in [-0.05, 0) is 27.5 Å². The Labute approximate surface area is 108 Å². The van der Waals surface area contributed by atoms with Crippen LogP contribution in [-0.2, 0) is 9.84 Å². The SMILES string of the molecule is CN(CCS(C)(=O)=O)c1nc(Cl)ncc1Br. The number of rotatable bonds is 4. The molecule has 1 heterocycles. The van der Waals surface area contributed by atoms with E-state index in [9.17, 15) is 8.42 Å². The van der Waals surface area contributed by atoms with Crippen LogP contribution in [0.1, 0.15) is 0 Å². The molecule has 1 aromatic heterocycles. The summed E-state index contributed by atoms with van der Waals surface area (Å²) in [5.74, 6) is 0.640. The number of hydrogen-bond acceptors (Lipinski definition) is 5. The zero-order chi connectivity index (χ0) is 12.3. The minimum atomic E-state index is -2.98. The third-order valence-electron chi connectivity index (χ3n) is 1.86. The van der Waals surface area contributed by atoms with Crippen LogP contribution < -0.4 is 4.90 Å². The first-order valence-corrected chi connectivity index (χ1v) is 7.59. The summed E-state index contributed by atoms with van der Waals surface area (Å²) in [5, 5.41) is 0.129. The molecule has 0 aliphatic carbocycles. The van der Waals surface area contributed by atoms with Crippen molar-refractivity contribution in [2.45, 2.75) is 0 Å². The van der Waals surface area contributed by atoms with E-state index in [1.54, 1.807) is 11.9 Å². The molecule has 1 aromatic rings. The minimum Gasteiger partial charge on any atom is -0.358 e. The van der Waals surface area contributed by atoms with E-state index in [4.69, 9.17) is 11.6 Å². The number of sulfone groups is 1. The van der Waals surface area contributed by atoms with Gasteiger partial charge >= 0.3 is 0 Å². The van der Waals surface area contributed by atoms with Crippen LogP contribution in [0.15, 0.2) is 10.7 Å². The van der Waals surface area contributed by atoms with Crippen LogP contribution in [0.4, 0.5) is 5.82 Å². The number of nitrogens with zero attached hydrogens (tertiary/aromatic N) is 3. The molecule has 1 rings (SSSR count). The predicted octanol–water partition coefficient (Wildman–Crippen LogP) is 1.37. The smallest absolute Gasteiger partial charge is 0.224 e. The summed E-state index contributed by atoms with van der Waals surface area (Å²) in [6, 6.07) is 0. The second kappa shape index (κ2) is 5.29. The Morgan fingerprint density at radius 3 is 2.75 bits per heavy atom. The molecule has 90 valence electrons. The molecular weight excluding hydrogens is 318 g/mol. The van der Waals surface area contributed by atoms with Crippen LogP contribution in [-0.4, -0.2) is 44.0 Å². The Bertz CT molecular complexity index is 480. The van der Waals surface area contributed by atoms with Crippen molar-refractivity contribution < 1.29 is 8.42 Å². The predicted molar refractivity (Wildman–Crippen MR) is 67.7 cm³/mol. The van der Waals surface area contributed by atoms with Crippen molar-refractivity contribution >= 4 is 43.2 Å². The van der Waals surface area contributed by atoms with Gasteiger partial charge < -0.3 is 4.90 Å². The fourth-order valence-corrected chi connectivity index (χ4v) is 2.24. The molecule has 0 unspecified atom stereocenters. The van der Waals surface area contributed by atoms with Crippen molar-refractivity contribution in [3.05, 3.63) is 16.0 Å². The molecule has 0 atom stereocenters. The van der Waals surface area contributed by atoms with E-state index < -0.39 is 9.84 Å². The summed E-state index contributed by atoms with van der Waals surface area (Å²) in [5.41, 5.74) is 0. The molecule has 0 saturated carbocycles. The van der Waals surface area contributed by atoms with E-state index in [0.717, 1.165) is 0 Å². The molecule has 0 aliphatic heterocycles. The lowest BCUT2D eigenvalue weighted by Crippen LogP contribution is -2.26. The van der Waals surface area contributed by atoms with E-state index >= 15 is 0 Å². The van der Waals surface area contributed by atoms with Crippen molar-refractivity contribution in [2.24, 2.45) is 0 Å². The van der Waals surface area contributed by atoms with Gasteiger partial charge in [-0.2, -0.15) is 4.98 Å². The molecule has 5 nitrogen and oxygen atoms in total. The third kappa shape index (κ3) is 4.23. The molecule has 0 bridgehead atoms. The Hall–Kier alpha value is -0.400. The molecule has 8 heteroatoms. The molecule has 16 heavy (non-hydrogen) atoms. The van der Waals surface area contributed by atoms with Crippen LogP contribution in [0, 0.1) is 0 Å². The van der Waals surface area contributed by atoms with E-state index in [2.05, 4.69) is 25.9 Å². The minimum absolute atomic E-state index is 0.0670. The van der Waals surface area contributed by atoms with Gasteiger partial charge in [0.1, 0.15) is 15.7 Å². The number of anilines is 1. The quantitative estimate of drug-likeness (QED) is 0.781. The highest BCUT2D eigenvalue weighted by Gasteiger charge is 2.11. The molecule has 0 radical (unpaired) electrons. The van der Waals surface area contributed by atoms with Crippen molar-refractivity contribution in [1.82, 2.24) is 9.97 Å². The first-order valence-electron chi connectivity index (χ1n) is 4.36. The zero-order valence-electron chi connectivity index (χ0n) is 8.81. The molecule has 0 fully saturated rings. The van der Waals surface area contributed by atoms with Crippen molar-refractivity contribution in [2.75, 3.05) is 30.5 Å². The molecule has 0 aliphatic rings. The summed E-state index contributed by atoms with van der Waals surface area (Å²) in [7, 11) is -1.24. The first kappa shape index (κ1) is 13.7. The number of hydrogen-bond donors (Lipinski definition) is 0. The molecule has 0 aromatic carbocycles. The van der Waals surface area contributed by atoms with Crippen molar-refractivity contribution in [1.29, 1.82) is 0 Å². The highest BCUT2D eigenvalue weighted by atomic mass is 79.9. The van der Waals surface area contributed by atoms with Gasteiger partial charge in [-0.3, -0.25) is 0 Å². The van der Waals surface area contributed by atoms with Gasteiger partial charge in [0.15, 0.2) is 0 Å². The monoisotopic (exact) mass is 327 g/mol. The molecule has 0 spiro atoms. The maximum Gasteiger partial charge on any atom is 0.224 e. The number of halogens is 2. The second-order valence-corrected chi connectivity index (χ2v) is 6.81. The summed E-state index contributed by atoms with van der Waals surface area (Å²) < 4.78 is 22.7. The second-order valence-electron chi connectivity index (χ2n) is 3.36. The highest BCUT2D eigenvalue weighted by molar-refractivity contribution is 9.10. The van der Waals surface area contributed by atoms with Gasteiger partial charge in [0.25, 0.3) is 0 Å². The fraction of sp³-hybridized carbons (Fsp3) is 0.500. The van der Waals surface area contributed by atoms with Crippen molar-refractivity contribution in [3.8, 4) is 0 Å². The van der Waals surface area contributed by atoms with Gasteiger partial charge in [0, 0.05) is 26.0 Å². The topological polar surface area (TPSA) is 63.2 Å². The largest absolute Gasteiger partial charge is 0.358 e. The Morgan fingerprint density at radius 1 is 1.56 bits per heavy atom. The lowest BCUT2D eigenvalue weighted by molar-refractivity contribution is 0.601. The van der Waals surface area contributed by atoms with Crippen molar-refractivity contribution in [3.63, 3.8) is 0 Å². The fourth-order valence-electron chi connectivity index (χ4n) is 1.01. The van der Waals surface area contributed by atoms with E-state index in [0.29, 0.717) is 16.8 Å². The molecular formula is C8H11BrClN3O2S. The average Bonchev–Trinajstić information content (AvgIpc) is 2.17. The Morgan fingerprint density at radius 2 is 2.19 bits per heavy atom. The third-order valence-corrected chi connectivity index (χ3v) is 3.52. The number of aromatic nitrogens is 2. The summed E-state index contributed by atoms with van der Waals surface area (Å²) in [4.78, 5) is 9.51. The van der Waals surface area contributed by atoms with E-state index in [1.807, 2.05) is 0 Å². The molecule has 0 N–H and O–H groups in total. The van der Waals surface area contributed by atoms with Crippen LogP contribution in [0.3, 0.4) is 0 Å². The maximum atomic E-state index is 11.0. The summed E-state index contributed by atoms with van der Waals surface area (Å²) >= 11 is 8.94. The average molecular weight is 329 g/mol. The normalized spacial score (nSPS) is 11.5. The van der Waals surface area contributed by atoms with E-state index in [-0.39, 0.29) is 11.0 Å². The standard InChI is InChI=1S/C8H11BrClN3O2S/c1-13(3-4-16(2,14)15)7-6(9)5-11-8(10)12-7/h5H,3-4H2,1-2H3. The highest BCUT2D eigenvalue weighted by Crippen LogP contribution is 2.23. The van der Waals surface area contributed by atoms with Gasteiger partial charge in [-0.15, -0.1) is 0 Å².